The fourth-order valence-electron chi connectivity index (χ4n) is 0.872. The molecule has 0 aromatic carbocycles. The van der Waals surface area contributed by atoms with Gasteiger partial charge in [0.2, 0.25) is 0 Å². The molecule has 1 N–H and O–H groups in total. The number of hydrogen-bond donors (Lipinski definition) is 1. The Morgan fingerprint density at radius 1 is 1.33 bits per heavy atom. The topological polar surface area (TPSA) is 50.2 Å². The summed E-state index contributed by atoms with van der Waals surface area (Å²) in [4.78, 5) is 10.9. The third-order valence-corrected chi connectivity index (χ3v) is 1.55. The summed E-state index contributed by atoms with van der Waals surface area (Å²) in [6.07, 6.45) is 3.64. The van der Waals surface area contributed by atoms with Gasteiger partial charge in [-0.05, 0) is 19.8 Å². The van der Waals surface area contributed by atoms with Crippen LogP contribution in [0.25, 0.3) is 0 Å². The van der Waals surface area contributed by atoms with E-state index >= 15 is 0 Å². The zero-order valence-electron chi connectivity index (χ0n) is 7.85. The Bertz CT molecular complexity index is 155. The number of nitrogens with one attached hydrogen (secondary N) is 1. The molecule has 0 spiro atoms. The molecular weight excluding hydrogens is 154 g/mol. The third-order valence-electron chi connectivity index (χ3n) is 1.55. The molecule has 0 rings (SSSR count). The fourth-order valence-corrected chi connectivity index (χ4v) is 0.872. The molecule has 0 aliphatic heterocycles. The summed E-state index contributed by atoms with van der Waals surface area (Å²) >= 11 is 0. The molecule has 0 bridgehead atoms. The number of carbonyl (C=O) groups excluding carboxylic acids is 1. The van der Waals surface area contributed by atoms with Crippen molar-refractivity contribution >= 4 is 11.7 Å². The Balaban J connectivity index is 3.50. The lowest BCUT2D eigenvalue weighted by Crippen LogP contribution is -2.16. The van der Waals surface area contributed by atoms with E-state index in [4.69, 9.17) is 5.41 Å². The van der Waals surface area contributed by atoms with E-state index in [1.54, 1.807) is 6.92 Å². The van der Waals surface area contributed by atoms with Crippen molar-refractivity contribution in [3.05, 3.63) is 0 Å². The van der Waals surface area contributed by atoms with E-state index in [2.05, 4.69) is 11.7 Å². The van der Waals surface area contributed by atoms with Crippen LogP contribution < -0.4 is 0 Å². The molecule has 0 aromatic rings. The zero-order chi connectivity index (χ0) is 9.40. The first-order valence-electron chi connectivity index (χ1n) is 4.46. The van der Waals surface area contributed by atoms with Gasteiger partial charge in [0, 0.05) is 0 Å². The molecule has 0 unspecified atom stereocenters. The van der Waals surface area contributed by atoms with Gasteiger partial charge in [0.25, 0.3) is 0 Å². The minimum Gasteiger partial charge on any atom is -0.462 e. The van der Waals surface area contributed by atoms with E-state index in [0.29, 0.717) is 13.0 Å². The van der Waals surface area contributed by atoms with Crippen LogP contribution in [0.3, 0.4) is 0 Å². The highest BCUT2D eigenvalue weighted by atomic mass is 16.5. The van der Waals surface area contributed by atoms with Gasteiger partial charge in [-0.2, -0.15) is 0 Å². The first kappa shape index (κ1) is 11.1. The van der Waals surface area contributed by atoms with Gasteiger partial charge in [-0.3, -0.25) is 5.41 Å². The van der Waals surface area contributed by atoms with Crippen molar-refractivity contribution in [1.29, 1.82) is 5.41 Å². The molecule has 3 heteroatoms. The molecule has 0 radical (unpaired) electrons. The first-order chi connectivity index (χ1) is 5.72. The minimum atomic E-state index is -0.464. The highest BCUT2D eigenvalue weighted by Crippen LogP contribution is 2.00. The van der Waals surface area contributed by atoms with Gasteiger partial charge < -0.3 is 4.74 Å². The SMILES string of the molecule is CCCCCC(=N)C(=O)OCC. The maximum atomic E-state index is 10.9. The molecule has 0 atom stereocenters. The standard InChI is InChI=1S/C9H17NO2/c1-3-5-6-7-8(10)9(11)12-4-2/h10H,3-7H2,1-2H3. The van der Waals surface area contributed by atoms with Crippen molar-refractivity contribution in [2.75, 3.05) is 6.61 Å². The van der Waals surface area contributed by atoms with Crippen LogP contribution in [-0.2, 0) is 9.53 Å². The summed E-state index contributed by atoms with van der Waals surface area (Å²) in [6.45, 7) is 4.19. The summed E-state index contributed by atoms with van der Waals surface area (Å²) in [5.74, 6) is -0.464. The van der Waals surface area contributed by atoms with E-state index < -0.39 is 5.97 Å². The monoisotopic (exact) mass is 171 g/mol. The van der Waals surface area contributed by atoms with Crippen LogP contribution in [0.15, 0.2) is 0 Å². The second-order valence-corrected chi connectivity index (χ2v) is 2.66. The van der Waals surface area contributed by atoms with Crippen molar-refractivity contribution in [3.63, 3.8) is 0 Å². The van der Waals surface area contributed by atoms with Gasteiger partial charge in [0.1, 0.15) is 5.71 Å². The lowest BCUT2D eigenvalue weighted by molar-refractivity contribution is -0.135. The van der Waals surface area contributed by atoms with Crippen molar-refractivity contribution in [2.24, 2.45) is 0 Å². The number of unbranched alkanes of at least 4 members (excludes halogenated alkanes) is 2. The highest BCUT2D eigenvalue weighted by Gasteiger charge is 2.08. The molecule has 0 amide bonds. The predicted molar refractivity (Wildman–Crippen MR) is 48.5 cm³/mol. The highest BCUT2D eigenvalue weighted by molar-refractivity contribution is 6.35. The van der Waals surface area contributed by atoms with Crippen LogP contribution in [-0.4, -0.2) is 18.3 Å². The first-order valence-corrected chi connectivity index (χ1v) is 4.46. The van der Waals surface area contributed by atoms with Crippen LogP contribution in [0.1, 0.15) is 39.5 Å². The number of ether oxygens (including phenoxy) is 1. The number of esters is 1. The molecule has 12 heavy (non-hydrogen) atoms. The second kappa shape index (κ2) is 6.83. The molecule has 70 valence electrons. The Kier molecular flexibility index (Phi) is 6.34. The lowest BCUT2D eigenvalue weighted by Gasteiger charge is -2.02. The molecule has 0 fully saturated rings. The Morgan fingerprint density at radius 3 is 2.50 bits per heavy atom. The van der Waals surface area contributed by atoms with Crippen LogP contribution in [0.4, 0.5) is 0 Å². The predicted octanol–water partition coefficient (Wildman–Crippen LogP) is 2.15. The van der Waals surface area contributed by atoms with Crippen molar-refractivity contribution < 1.29 is 9.53 Å². The quantitative estimate of drug-likeness (QED) is 0.378. The molecule has 0 saturated carbocycles. The number of carbonyl (C=O) groups is 1. The second-order valence-electron chi connectivity index (χ2n) is 2.66. The molecule has 0 aliphatic carbocycles. The van der Waals surface area contributed by atoms with Crippen LogP contribution >= 0.6 is 0 Å². The number of rotatable bonds is 6. The summed E-state index contributed by atoms with van der Waals surface area (Å²) in [5, 5.41) is 7.30. The molecule has 3 nitrogen and oxygen atoms in total. The zero-order valence-corrected chi connectivity index (χ0v) is 7.85. The van der Waals surface area contributed by atoms with E-state index in [-0.39, 0.29) is 5.71 Å². The van der Waals surface area contributed by atoms with Gasteiger partial charge in [-0.15, -0.1) is 0 Å². The average Bonchev–Trinajstić information content (AvgIpc) is 2.05. The summed E-state index contributed by atoms with van der Waals surface area (Å²) in [5.41, 5.74) is 0.102. The van der Waals surface area contributed by atoms with Gasteiger partial charge in [0.05, 0.1) is 6.61 Å². The van der Waals surface area contributed by atoms with E-state index in [1.165, 1.54) is 0 Å². The third kappa shape index (κ3) is 4.88. The largest absolute Gasteiger partial charge is 0.462 e. The van der Waals surface area contributed by atoms with E-state index in [9.17, 15) is 4.79 Å². The average molecular weight is 171 g/mol. The van der Waals surface area contributed by atoms with E-state index in [1.807, 2.05) is 0 Å². The maximum absolute atomic E-state index is 10.9. The minimum absolute atomic E-state index is 0.102. The maximum Gasteiger partial charge on any atom is 0.351 e. The van der Waals surface area contributed by atoms with Gasteiger partial charge >= 0.3 is 5.97 Å². The van der Waals surface area contributed by atoms with Crippen LogP contribution in [0, 0.1) is 5.41 Å². The van der Waals surface area contributed by atoms with Gasteiger partial charge in [0.15, 0.2) is 0 Å². The summed E-state index contributed by atoms with van der Waals surface area (Å²) in [6, 6.07) is 0. The van der Waals surface area contributed by atoms with Crippen molar-refractivity contribution in [1.82, 2.24) is 0 Å². The van der Waals surface area contributed by atoms with Gasteiger partial charge in [-0.1, -0.05) is 19.8 Å². The normalized spacial score (nSPS) is 9.50. The Morgan fingerprint density at radius 2 is 2.00 bits per heavy atom. The molecule has 0 heterocycles. The van der Waals surface area contributed by atoms with Crippen molar-refractivity contribution in [2.45, 2.75) is 39.5 Å². The molecule has 0 aromatic heterocycles. The molecule has 0 saturated heterocycles. The lowest BCUT2D eigenvalue weighted by atomic mass is 10.1. The summed E-state index contributed by atoms with van der Waals surface area (Å²) < 4.78 is 4.67. The van der Waals surface area contributed by atoms with Crippen LogP contribution in [0.5, 0.6) is 0 Å². The van der Waals surface area contributed by atoms with Crippen molar-refractivity contribution in [3.8, 4) is 0 Å². The fraction of sp³-hybridized carbons (Fsp3) is 0.778. The smallest absolute Gasteiger partial charge is 0.351 e. The van der Waals surface area contributed by atoms with Crippen LogP contribution in [0.2, 0.25) is 0 Å². The molecular formula is C9H17NO2. The molecule has 0 aliphatic rings. The Hall–Kier alpha value is -0.860. The van der Waals surface area contributed by atoms with Gasteiger partial charge in [-0.25, -0.2) is 4.79 Å². The number of hydrogen-bond acceptors (Lipinski definition) is 3. The Labute approximate surface area is 73.6 Å². The van der Waals surface area contributed by atoms with E-state index in [0.717, 1.165) is 19.3 Å². The summed E-state index contributed by atoms with van der Waals surface area (Å²) in [7, 11) is 0.